The number of nitrogens with two attached hydrogens (primary N) is 1. The van der Waals surface area contributed by atoms with Crippen molar-refractivity contribution in [1.29, 1.82) is 0 Å². The third-order valence-electron chi connectivity index (χ3n) is 3.27. The zero-order valence-electron chi connectivity index (χ0n) is 11.7. The smallest absolute Gasteiger partial charge is 0.123 e. The number of ether oxygens (including phenoxy) is 1. The van der Waals surface area contributed by atoms with Crippen LogP contribution < -0.4 is 16.0 Å². The average molecular weight is 309 g/mol. The molecule has 112 valence electrons. The Bertz CT molecular complexity index is 577. The summed E-state index contributed by atoms with van der Waals surface area (Å²) in [6.07, 6.45) is 0.469. The first-order valence-electron chi connectivity index (χ1n) is 6.71. The molecule has 0 fully saturated rings. The largest absolute Gasteiger partial charge is 0.489 e. The highest BCUT2D eigenvalue weighted by Crippen LogP contribution is 2.19. The Labute approximate surface area is 128 Å². The van der Waals surface area contributed by atoms with E-state index in [0.717, 1.165) is 5.56 Å². The number of rotatable bonds is 6. The molecule has 2 aromatic carbocycles. The number of benzene rings is 2. The van der Waals surface area contributed by atoms with Gasteiger partial charge in [0.05, 0.1) is 6.04 Å². The Hall–Kier alpha value is -1.62. The van der Waals surface area contributed by atoms with Crippen LogP contribution in [-0.2, 0) is 6.42 Å². The number of hydrazine groups is 1. The summed E-state index contributed by atoms with van der Waals surface area (Å²) in [5.41, 5.74) is 3.73. The molecule has 2 unspecified atom stereocenters. The van der Waals surface area contributed by atoms with Gasteiger partial charge >= 0.3 is 0 Å². The molecule has 0 radical (unpaired) electrons. The fraction of sp³-hybridized carbons (Fsp3) is 0.250. The second-order valence-electron chi connectivity index (χ2n) is 4.88. The molecule has 0 aliphatic heterocycles. The van der Waals surface area contributed by atoms with Gasteiger partial charge in [-0.05, 0) is 49.2 Å². The Kier molecular flexibility index (Phi) is 5.56. The van der Waals surface area contributed by atoms with E-state index in [-0.39, 0.29) is 18.0 Å². The number of halogens is 2. The molecule has 2 aromatic rings. The van der Waals surface area contributed by atoms with Crippen molar-refractivity contribution < 1.29 is 9.13 Å². The summed E-state index contributed by atoms with van der Waals surface area (Å²) in [6, 6.07) is 13.5. The monoisotopic (exact) mass is 308 g/mol. The highest BCUT2D eigenvalue weighted by molar-refractivity contribution is 6.30. The summed E-state index contributed by atoms with van der Waals surface area (Å²) < 4.78 is 18.8. The van der Waals surface area contributed by atoms with Gasteiger partial charge in [-0.3, -0.25) is 11.3 Å². The van der Waals surface area contributed by atoms with Crippen LogP contribution in [0.2, 0.25) is 5.02 Å². The molecule has 0 spiro atoms. The maximum Gasteiger partial charge on any atom is 0.123 e. The van der Waals surface area contributed by atoms with Crippen LogP contribution in [0.4, 0.5) is 4.39 Å². The predicted octanol–water partition coefficient (Wildman–Crippen LogP) is 3.32. The topological polar surface area (TPSA) is 47.3 Å². The molecule has 0 heterocycles. The summed E-state index contributed by atoms with van der Waals surface area (Å²) in [5, 5.41) is 0.621. The van der Waals surface area contributed by atoms with Gasteiger partial charge in [-0.15, -0.1) is 0 Å². The summed E-state index contributed by atoms with van der Waals surface area (Å²) in [5.74, 6) is 6.04. The van der Waals surface area contributed by atoms with Gasteiger partial charge in [0.2, 0.25) is 0 Å². The molecule has 3 N–H and O–H groups in total. The summed E-state index contributed by atoms with van der Waals surface area (Å²) in [6.45, 7) is 1.93. The van der Waals surface area contributed by atoms with E-state index in [1.807, 2.05) is 19.1 Å². The van der Waals surface area contributed by atoms with Gasteiger partial charge < -0.3 is 4.74 Å². The lowest BCUT2D eigenvalue weighted by molar-refractivity contribution is 0.169. The molecule has 5 heteroatoms. The summed E-state index contributed by atoms with van der Waals surface area (Å²) in [7, 11) is 0. The van der Waals surface area contributed by atoms with E-state index < -0.39 is 0 Å². The van der Waals surface area contributed by atoms with E-state index >= 15 is 0 Å². The highest BCUT2D eigenvalue weighted by atomic mass is 35.5. The molecule has 0 saturated carbocycles. The minimum Gasteiger partial charge on any atom is -0.489 e. The fourth-order valence-electron chi connectivity index (χ4n) is 2.07. The quantitative estimate of drug-likeness (QED) is 0.636. The molecule has 0 aromatic heterocycles. The first-order chi connectivity index (χ1) is 10.1. The molecule has 0 saturated heterocycles. The number of nitrogens with one attached hydrogen (secondary N) is 1. The van der Waals surface area contributed by atoms with Crippen LogP contribution in [0.5, 0.6) is 5.75 Å². The van der Waals surface area contributed by atoms with Crippen LogP contribution in [0.15, 0.2) is 48.5 Å². The second kappa shape index (κ2) is 7.41. The molecular weight excluding hydrogens is 291 g/mol. The minimum atomic E-state index is -0.251. The van der Waals surface area contributed by atoms with Crippen molar-refractivity contribution in [2.24, 2.45) is 5.84 Å². The molecule has 0 aliphatic carbocycles. The normalized spacial score (nSPS) is 13.7. The molecule has 0 aliphatic rings. The fourth-order valence-corrected chi connectivity index (χ4v) is 2.25. The second-order valence-corrected chi connectivity index (χ2v) is 5.32. The molecular formula is C16H18ClFN2O. The van der Waals surface area contributed by atoms with E-state index in [0.29, 0.717) is 17.2 Å². The Morgan fingerprint density at radius 3 is 2.57 bits per heavy atom. The zero-order valence-corrected chi connectivity index (χ0v) is 12.5. The first kappa shape index (κ1) is 15.8. The Morgan fingerprint density at radius 2 is 1.95 bits per heavy atom. The number of hydrogen-bond acceptors (Lipinski definition) is 3. The lowest BCUT2D eigenvalue weighted by Gasteiger charge is -2.24. The Morgan fingerprint density at radius 1 is 1.24 bits per heavy atom. The van der Waals surface area contributed by atoms with Crippen molar-refractivity contribution in [2.75, 3.05) is 0 Å². The standard InChI is InChI=1S/C16H18ClFN2O/c1-11(21-15-4-2-3-13(17)10-15)16(20-19)9-12-5-7-14(18)8-6-12/h2-8,10-11,16,20H,9,19H2,1H3. The van der Waals surface area contributed by atoms with Gasteiger partial charge in [-0.25, -0.2) is 4.39 Å². The molecule has 0 bridgehead atoms. The lowest BCUT2D eigenvalue weighted by atomic mass is 10.0. The highest BCUT2D eigenvalue weighted by Gasteiger charge is 2.18. The summed E-state index contributed by atoms with van der Waals surface area (Å²) in [4.78, 5) is 0. The van der Waals surface area contributed by atoms with Gasteiger partial charge in [0.25, 0.3) is 0 Å². The third kappa shape index (κ3) is 4.70. The SMILES string of the molecule is CC(Oc1cccc(Cl)c1)C(Cc1ccc(F)cc1)NN. The van der Waals surface area contributed by atoms with Crippen LogP contribution in [-0.4, -0.2) is 12.1 Å². The van der Waals surface area contributed by atoms with Gasteiger partial charge in [0, 0.05) is 5.02 Å². The van der Waals surface area contributed by atoms with E-state index in [4.69, 9.17) is 22.2 Å². The average Bonchev–Trinajstić information content (AvgIpc) is 2.46. The maximum atomic E-state index is 12.9. The van der Waals surface area contributed by atoms with E-state index in [1.54, 1.807) is 24.3 Å². The molecule has 2 atom stereocenters. The maximum absolute atomic E-state index is 12.9. The molecule has 21 heavy (non-hydrogen) atoms. The van der Waals surface area contributed by atoms with E-state index in [2.05, 4.69) is 5.43 Å². The third-order valence-corrected chi connectivity index (χ3v) is 3.50. The molecule has 3 nitrogen and oxygen atoms in total. The van der Waals surface area contributed by atoms with Crippen LogP contribution >= 0.6 is 11.6 Å². The van der Waals surface area contributed by atoms with Gasteiger partial charge in [0.15, 0.2) is 0 Å². The lowest BCUT2D eigenvalue weighted by Crippen LogP contribution is -2.46. The van der Waals surface area contributed by atoms with Gasteiger partial charge in [0.1, 0.15) is 17.7 Å². The Balaban J connectivity index is 2.01. The molecule has 2 rings (SSSR count). The van der Waals surface area contributed by atoms with Gasteiger partial charge in [-0.2, -0.15) is 0 Å². The van der Waals surface area contributed by atoms with Crippen LogP contribution in [0.3, 0.4) is 0 Å². The molecule has 0 amide bonds. The van der Waals surface area contributed by atoms with Crippen molar-refractivity contribution >= 4 is 11.6 Å². The van der Waals surface area contributed by atoms with Crippen LogP contribution in [0.1, 0.15) is 12.5 Å². The van der Waals surface area contributed by atoms with Crippen molar-refractivity contribution in [3.8, 4) is 5.75 Å². The summed E-state index contributed by atoms with van der Waals surface area (Å²) >= 11 is 5.93. The van der Waals surface area contributed by atoms with Crippen LogP contribution in [0, 0.1) is 5.82 Å². The van der Waals surface area contributed by atoms with Crippen LogP contribution in [0.25, 0.3) is 0 Å². The van der Waals surface area contributed by atoms with Crippen molar-refractivity contribution in [3.05, 3.63) is 64.9 Å². The van der Waals surface area contributed by atoms with E-state index in [9.17, 15) is 4.39 Å². The zero-order chi connectivity index (χ0) is 15.2. The van der Waals surface area contributed by atoms with E-state index in [1.165, 1.54) is 12.1 Å². The minimum absolute atomic E-state index is 0.102. The van der Waals surface area contributed by atoms with Gasteiger partial charge in [-0.1, -0.05) is 29.8 Å². The number of hydrogen-bond donors (Lipinski definition) is 2. The van der Waals surface area contributed by atoms with Crippen molar-refractivity contribution in [2.45, 2.75) is 25.5 Å². The predicted molar refractivity (Wildman–Crippen MR) is 82.8 cm³/mol. The van der Waals surface area contributed by atoms with Crippen molar-refractivity contribution in [1.82, 2.24) is 5.43 Å². The van der Waals surface area contributed by atoms with Crippen molar-refractivity contribution in [3.63, 3.8) is 0 Å². The first-order valence-corrected chi connectivity index (χ1v) is 7.09.